The maximum atomic E-state index is 4.94. The Kier molecular flexibility index (Phi) is 1.33. The predicted molar refractivity (Wildman–Crippen MR) is 29.1 cm³/mol. The third-order valence-electron chi connectivity index (χ3n) is 1.66. The highest BCUT2D eigenvalue weighted by molar-refractivity contribution is 4.81. The summed E-state index contributed by atoms with van der Waals surface area (Å²) in [6.07, 6.45) is 1.38. The molecule has 0 saturated heterocycles. The summed E-state index contributed by atoms with van der Waals surface area (Å²) in [6.45, 7) is 3.24. The van der Waals surface area contributed by atoms with Gasteiger partial charge in [-0.3, -0.25) is 0 Å². The molecule has 1 heteroatoms. The van der Waals surface area contributed by atoms with Crippen molar-refractivity contribution in [3.63, 3.8) is 0 Å². The van der Waals surface area contributed by atoms with Crippen LogP contribution in [-0.2, 0) is 4.74 Å². The van der Waals surface area contributed by atoms with Crippen molar-refractivity contribution in [1.82, 2.24) is 0 Å². The molecule has 0 heterocycles. The van der Waals surface area contributed by atoms with E-state index in [2.05, 4.69) is 6.92 Å². The van der Waals surface area contributed by atoms with E-state index in [4.69, 9.17) is 4.74 Å². The SMILES string of the molecule is COC[C@@H]1C[C@@H]1C. The zero-order chi connectivity index (χ0) is 5.28. The van der Waals surface area contributed by atoms with E-state index in [9.17, 15) is 0 Å². The van der Waals surface area contributed by atoms with Crippen LogP contribution in [0.4, 0.5) is 0 Å². The topological polar surface area (TPSA) is 9.23 Å². The minimum atomic E-state index is 0.894. The van der Waals surface area contributed by atoms with Crippen molar-refractivity contribution in [2.45, 2.75) is 13.3 Å². The molecule has 1 saturated carbocycles. The normalized spacial score (nSPS) is 38.6. The molecule has 1 fully saturated rings. The van der Waals surface area contributed by atoms with Crippen LogP contribution >= 0.6 is 0 Å². The second kappa shape index (κ2) is 1.83. The molecule has 0 spiro atoms. The molecule has 42 valence electrons. The van der Waals surface area contributed by atoms with Crippen molar-refractivity contribution in [3.05, 3.63) is 0 Å². The molecule has 0 aliphatic heterocycles. The summed E-state index contributed by atoms with van der Waals surface area (Å²) < 4.78 is 4.94. The zero-order valence-electron chi connectivity index (χ0n) is 4.98. The maximum Gasteiger partial charge on any atom is 0.0493 e. The van der Waals surface area contributed by atoms with E-state index in [1.165, 1.54) is 6.42 Å². The van der Waals surface area contributed by atoms with Crippen molar-refractivity contribution in [1.29, 1.82) is 0 Å². The predicted octanol–water partition coefficient (Wildman–Crippen LogP) is 1.29. The van der Waals surface area contributed by atoms with Crippen molar-refractivity contribution >= 4 is 0 Å². The Hall–Kier alpha value is -0.0400. The maximum absolute atomic E-state index is 4.94. The Morgan fingerprint density at radius 3 is 2.43 bits per heavy atom. The van der Waals surface area contributed by atoms with Gasteiger partial charge in [-0.1, -0.05) is 6.92 Å². The minimum absolute atomic E-state index is 0.894. The van der Waals surface area contributed by atoms with Gasteiger partial charge in [-0.15, -0.1) is 0 Å². The molecule has 1 aliphatic rings. The van der Waals surface area contributed by atoms with Gasteiger partial charge < -0.3 is 4.74 Å². The fourth-order valence-corrected chi connectivity index (χ4v) is 0.845. The van der Waals surface area contributed by atoms with Crippen LogP contribution < -0.4 is 0 Å². The summed E-state index contributed by atoms with van der Waals surface area (Å²) in [4.78, 5) is 0. The fourth-order valence-electron chi connectivity index (χ4n) is 0.845. The highest BCUT2D eigenvalue weighted by Gasteiger charge is 2.31. The Balaban J connectivity index is 1.98. The van der Waals surface area contributed by atoms with Gasteiger partial charge in [-0.2, -0.15) is 0 Å². The summed E-state index contributed by atoms with van der Waals surface area (Å²) in [6, 6.07) is 0. The quantitative estimate of drug-likeness (QED) is 0.508. The molecule has 7 heavy (non-hydrogen) atoms. The van der Waals surface area contributed by atoms with Crippen molar-refractivity contribution in [2.75, 3.05) is 13.7 Å². The van der Waals surface area contributed by atoms with E-state index < -0.39 is 0 Å². The standard InChI is InChI=1S/C6H12O/c1-5-3-6(5)4-7-2/h5-6H,3-4H2,1-2H3/t5-,6-/m0/s1. The van der Waals surface area contributed by atoms with Crippen LogP contribution in [0.2, 0.25) is 0 Å². The van der Waals surface area contributed by atoms with Crippen molar-refractivity contribution in [3.8, 4) is 0 Å². The molecule has 0 radical (unpaired) electrons. The van der Waals surface area contributed by atoms with Gasteiger partial charge in [0.15, 0.2) is 0 Å². The van der Waals surface area contributed by atoms with Crippen LogP contribution in [0, 0.1) is 11.8 Å². The summed E-state index contributed by atoms with van der Waals surface area (Å²) >= 11 is 0. The molecule has 0 amide bonds. The van der Waals surface area contributed by atoms with Gasteiger partial charge in [0.05, 0.1) is 0 Å². The zero-order valence-corrected chi connectivity index (χ0v) is 4.98. The van der Waals surface area contributed by atoms with Gasteiger partial charge in [0, 0.05) is 13.7 Å². The first-order chi connectivity index (χ1) is 3.34. The molecule has 0 unspecified atom stereocenters. The summed E-state index contributed by atoms with van der Waals surface area (Å²) in [5.41, 5.74) is 0. The molecule has 0 N–H and O–H groups in total. The van der Waals surface area contributed by atoms with Gasteiger partial charge in [0.25, 0.3) is 0 Å². The molecule has 0 bridgehead atoms. The molecule has 0 aromatic heterocycles. The Morgan fingerprint density at radius 1 is 1.71 bits per heavy atom. The lowest BCUT2D eigenvalue weighted by Crippen LogP contribution is -1.90. The number of rotatable bonds is 2. The molecular formula is C6H12O. The average molecular weight is 100 g/mol. The second-order valence-corrected chi connectivity index (χ2v) is 2.43. The molecule has 1 rings (SSSR count). The molecule has 0 aromatic carbocycles. The van der Waals surface area contributed by atoms with Crippen LogP contribution in [0.15, 0.2) is 0 Å². The fraction of sp³-hybridized carbons (Fsp3) is 1.00. The third-order valence-corrected chi connectivity index (χ3v) is 1.66. The minimum Gasteiger partial charge on any atom is -0.384 e. The summed E-state index contributed by atoms with van der Waals surface area (Å²) in [5.74, 6) is 1.84. The highest BCUT2D eigenvalue weighted by Crippen LogP contribution is 2.37. The summed E-state index contributed by atoms with van der Waals surface area (Å²) in [7, 11) is 1.77. The van der Waals surface area contributed by atoms with Gasteiger partial charge >= 0.3 is 0 Å². The van der Waals surface area contributed by atoms with Crippen LogP contribution in [0.5, 0.6) is 0 Å². The number of ether oxygens (including phenoxy) is 1. The van der Waals surface area contributed by atoms with Crippen LogP contribution in [-0.4, -0.2) is 13.7 Å². The molecule has 1 aliphatic carbocycles. The number of hydrogen-bond donors (Lipinski definition) is 0. The molecule has 2 atom stereocenters. The van der Waals surface area contributed by atoms with E-state index in [1.807, 2.05) is 0 Å². The van der Waals surface area contributed by atoms with E-state index in [0.717, 1.165) is 18.4 Å². The molecule has 1 nitrogen and oxygen atoms in total. The summed E-state index contributed by atoms with van der Waals surface area (Å²) in [5, 5.41) is 0. The number of hydrogen-bond acceptors (Lipinski definition) is 1. The van der Waals surface area contributed by atoms with E-state index in [-0.39, 0.29) is 0 Å². The van der Waals surface area contributed by atoms with Crippen LogP contribution in [0.25, 0.3) is 0 Å². The monoisotopic (exact) mass is 100 g/mol. The van der Waals surface area contributed by atoms with Gasteiger partial charge in [-0.25, -0.2) is 0 Å². The largest absolute Gasteiger partial charge is 0.384 e. The van der Waals surface area contributed by atoms with Crippen LogP contribution in [0.1, 0.15) is 13.3 Å². The Labute approximate surface area is 44.7 Å². The van der Waals surface area contributed by atoms with Gasteiger partial charge in [0.1, 0.15) is 0 Å². The molecule has 0 aromatic rings. The lowest BCUT2D eigenvalue weighted by molar-refractivity contribution is 0.182. The number of methoxy groups -OCH3 is 1. The smallest absolute Gasteiger partial charge is 0.0493 e. The first-order valence-electron chi connectivity index (χ1n) is 2.83. The third kappa shape index (κ3) is 1.16. The van der Waals surface area contributed by atoms with Gasteiger partial charge in [-0.05, 0) is 18.3 Å². The van der Waals surface area contributed by atoms with E-state index >= 15 is 0 Å². The first-order valence-corrected chi connectivity index (χ1v) is 2.83. The van der Waals surface area contributed by atoms with E-state index in [1.54, 1.807) is 7.11 Å². The second-order valence-electron chi connectivity index (χ2n) is 2.43. The lowest BCUT2D eigenvalue weighted by atomic mass is 10.4. The first kappa shape index (κ1) is 5.10. The van der Waals surface area contributed by atoms with Crippen molar-refractivity contribution < 1.29 is 4.74 Å². The average Bonchev–Trinajstić information content (AvgIpc) is 2.22. The van der Waals surface area contributed by atoms with Gasteiger partial charge in [0.2, 0.25) is 0 Å². The van der Waals surface area contributed by atoms with E-state index in [0.29, 0.717) is 0 Å². The van der Waals surface area contributed by atoms with Crippen LogP contribution in [0.3, 0.4) is 0 Å². The Bertz CT molecular complexity index is 61.2. The Morgan fingerprint density at radius 2 is 2.29 bits per heavy atom. The molecular weight excluding hydrogens is 88.1 g/mol. The highest BCUT2D eigenvalue weighted by atomic mass is 16.5. The lowest BCUT2D eigenvalue weighted by Gasteiger charge is -1.89. The van der Waals surface area contributed by atoms with Crippen molar-refractivity contribution in [2.24, 2.45) is 11.8 Å².